The van der Waals surface area contributed by atoms with Crippen LogP contribution in [0.3, 0.4) is 0 Å². The molecule has 0 spiro atoms. The third kappa shape index (κ3) is 3.14. The molecule has 0 fully saturated rings. The van der Waals surface area contributed by atoms with Crippen LogP contribution in [0.2, 0.25) is 0 Å². The molecule has 1 aromatic carbocycles. The Bertz CT molecular complexity index is 478. The lowest BCUT2D eigenvalue weighted by molar-refractivity contribution is 0.540. The highest BCUT2D eigenvalue weighted by atomic mass is 79.9. The van der Waals surface area contributed by atoms with Crippen LogP contribution in [0.25, 0.3) is 0 Å². The van der Waals surface area contributed by atoms with Gasteiger partial charge in [0.1, 0.15) is 12.2 Å². The zero-order chi connectivity index (χ0) is 12.3. The second kappa shape index (κ2) is 5.42. The van der Waals surface area contributed by atoms with Crippen LogP contribution in [0.15, 0.2) is 35.1 Å². The first-order chi connectivity index (χ1) is 8.16. The van der Waals surface area contributed by atoms with Crippen molar-refractivity contribution in [3.63, 3.8) is 0 Å². The average molecular weight is 295 g/mol. The summed E-state index contributed by atoms with van der Waals surface area (Å²) in [5.74, 6) is 0.939. The van der Waals surface area contributed by atoms with E-state index in [1.165, 1.54) is 5.56 Å². The summed E-state index contributed by atoms with van der Waals surface area (Å²) in [4.78, 5) is 4.18. The van der Waals surface area contributed by atoms with Crippen LogP contribution in [-0.4, -0.2) is 14.8 Å². The predicted molar refractivity (Wildman–Crippen MR) is 70.4 cm³/mol. The molecule has 2 aromatic rings. The number of nitrogens with one attached hydrogen (secondary N) is 1. The maximum absolute atomic E-state index is 4.18. The number of aryl methyl sites for hydroxylation is 1. The minimum absolute atomic E-state index is 0.291. The Balaban J connectivity index is 1.95. The standard InChI is InChI=1S/C12H15BrN4/c1-9(10-3-5-11(13)6-4-10)14-7-12-15-8-16-17(12)2/h3-6,8-9,14H,7H2,1-2H3. The van der Waals surface area contributed by atoms with Gasteiger partial charge < -0.3 is 5.32 Å². The summed E-state index contributed by atoms with van der Waals surface area (Å²) in [6.45, 7) is 2.85. The van der Waals surface area contributed by atoms with Gasteiger partial charge in [0.15, 0.2) is 0 Å². The summed E-state index contributed by atoms with van der Waals surface area (Å²) in [7, 11) is 1.90. The van der Waals surface area contributed by atoms with Gasteiger partial charge in [-0.3, -0.25) is 4.68 Å². The van der Waals surface area contributed by atoms with Gasteiger partial charge in [0.2, 0.25) is 0 Å². The Kier molecular flexibility index (Phi) is 3.91. The molecule has 1 atom stereocenters. The van der Waals surface area contributed by atoms with Crippen molar-refractivity contribution in [2.75, 3.05) is 0 Å². The quantitative estimate of drug-likeness (QED) is 0.942. The molecule has 90 valence electrons. The van der Waals surface area contributed by atoms with Crippen LogP contribution in [0.1, 0.15) is 24.4 Å². The highest BCUT2D eigenvalue weighted by Gasteiger charge is 2.06. The summed E-state index contributed by atoms with van der Waals surface area (Å²) >= 11 is 3.43. The van der Waals surface area contributed by atoms with E-state index in [-0.39, 0.29) is 0 Å². The predicted octanol–water partition coefficient (Wildman–Crippen LogP) is 2.43. The summed E-state index contributed by atoms with van der Waals surface area (Å²) in [5, 5.41) is 7.46. The minimum Gasteiger partial charge on any atom is -0.303 e. The average Bonchev–Trinajstić information content (AvgIpc) is 2.73. The number of nitrogens with zero attached hydrogens (tertiary/aromatic N) is 3. The molecule has 0 saturated carbocycles. The van der Waals surface area contributed by atoms with Crippen molar-refractivity contribution in [2.45, 2.75) is 19.5 Å². The first kappa shape index (κ1) is 12.3. The summed E-state index contributed by atoms with van der Waals surface area (Å²) in [5.41, 5.74) is 1.26. The zero-order valence-electron chi connectivity index (χ0n) is 9.89. The Labute approximate surface area is 109 Å². The van der Waals surface area contributed by atoms with Gasteiger partial charge in [0.05, 0.1) is 6.54 Å². The Morgan fingerprint density at radius 1 is 1.35 bits per heavy atom. The van der Waals surface area contributed by atoms with Crippen LogP contribution < -0.4 is 5.32 Å². The van der Waals surface area contributed by atoms with Crippen molar-refractivity contribution in [2.24, 2.45) is 7.05 Å². The molecule has 0 bridgehead atoms. The number of rotatable bonds is 4. The first-order valence-electron chi connectivity index (χ1n) is 5.48. The van der Waals surface area contributed by atoms with E-state index in [2.05, 4.69) is 62.5 Å². The van der Waals surface area contributed by atoms with Crippen LogP contribution in [0.4, 0.5) is 0 Å². The van der Waals surface area contributed by atoms with E-state index >= 15 is 0 Å². The van der Waals surface area contributed by atoms with E-state index in [4.69, 9.17) is 0 Å². The zero-order valence-corrected chi connectivity index (χ0v) is 11.5. The first-order valence-corrected chi connectivity index (χ1v) is 6.28. The third-order valence-electron chi connectivity index (χ3n) is 2.74. The molecule has 1 unspecified atom stereocenters. The van der Waals surface area contributed by atoms with Gasteiger partial charge in [-0.25, -0.2) is 4.98 Å². The lowest BCUT2D eigenvalue weighted by Crippen LogP contribution is -2.20. The molecule has 1 N–H and O–H groups in total. The molecule has 4 nitrogen and oxygen atoms in total. The molecule has 0 amide bonds. The number of aromatic nitrogens is 3. The molecular formula is C12H15BrN4. The molecule has 0 radical (unpaired) electrons. The van der Waals surface area contributed by atoms with E-state index in [1.807, 2.05) is 7.05 Å². The largest absolute Gasteiger partial charge is 0.303 e. The van der Waals surface area contributed by atoms with Gasteiger partial charge in [-0.15, -0.1) is 0 Å². The van der Waals surface area contributed by atoms with E-state index in [0.717, 1.165) is 10.3 Å². The highest BCUT2D eigenvalue weighted by molar-refractivity contribution is 9.10. The molecule has 1 aromatic heterocycles. The molecule has 17 heavy (non-hydrogen) atoms. The van der Waals surface area contributed by atoms with Gasteiger partial charge in [0.25, 0.3) is 0 Å². The topological polar surface area (TPSA) is 42.7 Å². The smallest absolute Gasteiger partial charge is 0.140 e. The second-order valence-corrected chi connectivity index (χ2v) is 4.87. The Hall–Kier alpha value is -1.20. The van der Waals surface area contributed by atoms with Crippen LogP contribution in [0, 0.1) is 0 Å². The van der Waals surface area contributed by atoms with Gasteiger partial charge in [0, 0.05) is 17.6 Å². The Morgan fingerprint density at radius 2 is 2.06 bits per heavy atom. The van der Waals surface area contributed by atoms with Crippen molar-refractivity contribution in [3.05, 3.63) is 46.5 Å². The normalized spacial score (nSPS) is 12.6. The van der Waals surface area contributed by atoms with E-state index < -0.39 is 0 Å². The minimum atomic E-state index is 0.291. The van der Waals surface area contributed by atoms with Crippen molar-refractivity contribution in [1.29, 1.82) is 0 Å². The lowest BCUT2D eigenvalue weighted by Gasteiger charge is -2.13. The molecule has 2 rings (SSSR count). The number of hydrogen-bond donors (Lipinski definition) is 1. The van der Waals surface area contributed by atoms with Gasteiger partial charge in [-0.2, -0.15) is 5.10 Å². The number of benzene rings is 1. The second-order valence-electron chi connectivity index (χ2n) is 3.95. The fraction of sp³-hybridized carbons (Fsp3) is 0.333. The molecule has 0 aliphatic rings. The molecular weight excluding hydrogens is 280 g/mol. The number of hydrogen-bond acceptors (Lipinski definition) is 3. The fourth-order valence-corrected chi connectivity index (χ4v) is 1.86. The van der Waals surface area contributed by atoms with E-state index in [9.17, 15) is 0 Å². The molecule has 0 saturated heterocycles. The fourth-order valence-electron chi connectivity index (χ4n) is 1.59. The third-order valence-corrected chi connectivity index (χ3v) is 3.27. The van der Waals surface area contributed by atoms with Crippen molar-refractivity contribution in [1.82, 2.24) is 20.1 Å². The number of halogens is 1. The highest BCUT2D eigenvalue weighted by Crippen LogP contribution is 2.16. The maximum atomic E-state index is 4.18. The van der Waals surface area contributed by atoms with Crippen molar-refractivity contribution >= 4 is 15.9 Å². The molecule has 0 aliphatic heterocycles. The Morgan fingerprint density at radius 3 is 2.65 bits per heavy atom. The lowest BCUT2D eigenvalue weighted by atomic mass is 10.1. The van der Waals surface area contributed by atoms with E-state index in [1.54, 1.807) is 11.0 Å². The maximum Gasteiger partial charge on any atom is 0.140 e. The van der Waals surface area contributed by atoms with Gasteiger partial charge in [-0.05, 0) is 24.6 Å². The summed E-state index contributed by atoms with van der Waals surface area (Å²) in [6, 6.07) is 8.61. The van der Waals surface area contributed by atoms with Crippen LogP contribution in [0.5, 0.6) is 0 Å². The summed E-state index contributed by atoms with van der Waals surface area (Å²) < 4.78 is 2.88. The van der Waals surface area contributed by atoms with Gasteiger partial charge in [-0.1, -0.05) is 28.1 Å². The van der Waals surface area contributed by atoms with Crippen LogP contribution in [-0.2, 0) is 13.6 Å². The SMILES string of the molecule is CC(NCc1ncnn1C)c1ccc(Br)cc1. The van der Waals surface area contributed by atoms with Gasteiger partial charge >= 0.3 is 0 Å². The van der Waals surface area contributed by atoms with Crippen molar-refractivity contribution in [3.8, 4) is 0 Å². The van der Waals surface area contributed by atoms with Crippen LogP contribution >= 0.6 is 15.9 Å². The summed E-state index contributed by atoms with van der Waals surface area (Å²) in [6.07, 6.45) is 1.57. The molecule has 0 aliphatic carbocycles. The molecule has 1 heterocycles. The van der Waals surface area contributed by atoms with E-state index in [0.29, 0.717) is 12.6 Å². The monoisotopic (exact) mass is 294 g/mol. The van der Waals surface area contributed by atoms with Crippen molar-refractivity contribution < 1.29 is 0 Å². The molecule has 5 heteroatoms.